The fourth-order valence-corrected chi connectivity index (χ4v) is 3.76. The Balaban J connectivity index is 1.50. The second-order valence-corrected chi connectivity index (χ2v) is 7.02. The van der Waals surface area contributed by atoms with Gasteiger partial charge in [0, 0.05) is 49.8 Å². The van der Waals surface area contributed by atoms with Crippen LogP contribution in [0.3, 0.4) is 0 Å². The van der Waals surface area contributed by atoms with E-state index in [-0.39, 0.29) is 5.91 Å². The second-order valence-electron chi connectivity index (χ2n) is 6.63. The lowest BCUT2D eigenvalue weighted by molar-refractivity contribution is 0.0738. The monoisotopic (exact) mass is 394 g/mol. The van der Waals surface area contributed by atoms with E-state index in [0.29, 0.717) is 23.6 Å². The molecule has 1 saturated heterocycles. The molecule has 1 aromatic heterocycles. The highest BCUT2D eigenvalue weighted by molar-refractivity contribution is 7.71. The van der Waals surface area contributed by atoms with Crippen LogP contribution in [0.4, 0.5) is 5.69 Å². The minimum atomic E-state index is -0.0125. The molecule has 2 heterocycles. The zero-order valence-electron chi connectivity index (χ0n) is 15.7. The molecule has 7 heteroatoms. The van der Waals surface area contributed by atoms with Crippen molar-refractivity contribution in [2.24, 2.45) is 0 Å². The van der Waals surface area contributed by atoms with Crippen LogP contribution in [0.5, 0.6) is 5.75 Å². The second kappa shape index (κ2) is 7.90. The van der Waals surface area contributed by atoms with Gasteiger partial charge in [-0.1, -0.05) is 24.3 Å². The van der Waals surface area contributed by atoms with Gasteiger partial charge in [-0.15, -0.1) is 0 Å². The number of nitrogens with one attached hydrogen (secondary N) is 1. The van der Waals surface area contributed by atoms with Gasteiger partial charge >= 0.3 is 0 Å². The molecule has 0 atom stereocenters. The molecule has 0 spiro atoms. The van der Waals surface area contributed by atoms with E-state index >= 15 is 0 Å². The summed E-state index contributed by atoms with van der Waals surface area (Å²) in [6.45, 7) is 2.86. The zero-order valence-corrected chi connectivity index (χ0v) is 16.5. The number of aromatic amines is 1. The molecular formula is C21H22N4O2S. The summed E-state index contributed by atoms with van der Waals surface area (Å²) in [6, 6.07) is 17.7. The van der Waals surface area contributed by atoms with Crippen LogP contribution in [0.25, 0.3) is 5.69 Å². The van der Waals surface area contributed by atoms with E-state index in [1.807, 2.05) is 53.4 Å². The topological polar surface area (TPSA) is 53.5 Å². The van der Waals surface area contributed by atoms with Crippen LogP contribution in [0, 0.1) is 4.77 Å². The molecular weight excluding hydrogens is 372 g/mol. The number of piperazine rings is 1. The number of amides is 1. The predicted octanol–water partition coefficient (Wildman–Crippen LogP) is 3.51. The van der Waals surface area contributed by atoms with E-state index in [2.05, 4.69) is 16.0 Å². The lowest BCUT2D eigenvalue weighted by Crippen LogP contribution is -2.49. The Morgan fingerprint density at radius 2 is 1.71 bits per heavy atom. The third-order valence-corrected chi connectivity index (χ3v) is 5.30. The quantitative estimate of drug-likeness (QED) is 0.688. The van der Waals surface area contributed by atoms with Crippen LogP contribution < -0.4 is 9.64 Å². The van der Waals surface area contributed by atoms with Gasteiger partial charge in [0.05, 0.1) is 7.11 Å². The number of carbonyl (C=O) groups is 1. The molecule has 1 N–H and O–H groups in total. The molecule has 0 aliphatic carbocycles. The third-order valence-electron chi connectivity index (χ3n) is 5.00. The van der Waals surface area contributed by atoms with Gasteiger partial charge < -0.3 is 19.5 Å². The van der Waals surface area contributed by atoms with Gasteiger partial charge in [-0.3, -0.25) is 9.36 Å². The molecule has 2 aromatic carbocycles. The average Bonchev–Trinajstić information content (AvgIpc) is 3.15. The summed E-state index contributed by atoms with van der Waals surface area (Å²) in [6.07, 6.45) is 1.70. The van der Waals surface area contributed by atoms with Gasteiger partial charge in [0.15, 0.2) is 4.77 Å². The maximum atomic E-state index is 13.2. The van der Waals surface area contributed by atoms with Crippen LogP contribution >= 0.6 is 12.2 Å². The van der Waals surface area contributed by atoms with E-state index in [1.165, 1.54) is 0 Å². The van der Waals surface area contributed by atoms with Crippen molar-refractivity contribution in [3.8, 4) is 11.4 Å². The van der Waals surface area contributed by atoms with Crippen molar-refractivity contribution in [1.29, 1.82) is 0 Å². The number of para-hydroxylation sites is 1. The molecule has 0 unspecified atom stereocenters. The Labute approximate surface area is 169 Å². The van der Waals surface area contributed by atoms with Gasteiger partial charge in [0.25, 0.3) is 5.91 Å². The fraction of sp³-hybridized carbons (Fsp3) is 0.238. The molecule has 0 radical (unpaired) electrons. The van der Waals surface area contributed by atoms with Crippen LogP contribution in [-0.2, 0) is 0 Å². The first-order chi connectivity index (χ1) is 13.7. The summed E-state index contributed by atoms with van der Waals surface area (Å²) in [5, 5.41) is 0. The smallest absolute Gasteiger partial charge is 0.272 e. The van der Waals surface area contributed by atoms with Crippen molar-refractivity contribution < 1.29 is 9.53 Å². The van der Waals surface area contributed by atoms with Gasteiger partial charge in [-0.25, -0.2) is 0 Å². The Morgan fingerprint density at radius 3 is 2.43 bits per heavy atom. The normalized spacial score (nSPS) is 14.2. The molecule has 144 valence electrons. The Hall–Kier alpha value is -3.06. The predicted molar refractivity (Wildman–Crippen MR) is 112 cm³/mol. The van der Waals surface area contributed by atoms with Gasteiger partial charge in [-0.05, 0) is 36.5 Å². The highest BCUT2D eigenvalue weighted by Crippen LogP contribution is 2.23. The molecule has 0 saturated carbocycles. The Kier molecular flexibility index (Phi) is 5.16. The Morgan fingerprint density at radius 1 is 1.00 bits per heavy atom. The van der Waals surface area contributed by atoms with Crippen LogP contribution in [-0.4, -0.2) is 53.6 Å². The van der Waals surface area contributed by atoms with E-state index in [4.69, 9.17) is 17.0 Å². The van der Waals surface area contributed by atoms with Crippen molar-refractivity contribution in [3.05, 3.63) is 71.3 Å². The molecule has 1 amide bonds. The first-order valence-corrected chi connectivity index (χ1v) is 9.62. The largest absolute Gasteiger partial charge is 0.497 e. The summed E-state index contributed by atoms with van der Waals surface area (Å²) >= 11 is 5.40. The van der Waals surface area contributed by atoms with E-state index in [9.17, 15) is 4.79 Å². The highest BCUT2D eigenvalue weighted by Gasteiger charge is 2.25. The molecule has 6 nitrogen and oxygen atoms in total. The number of benzene rings is 2. The molecule has 4 rings (SSSR count). The third kappa shape index (κ3) is 3.53. The maximum absolute atomic E-state index is 13.2. The van der Waals surface area contributed by atoms with E-state index in [0.717, 1.165) is 30.2 Å². The molecule has 3 aromatic rings. The molecule has 0 bridgehead atoms. The standard InChI is InChI=1S/C21H22N4O2S/c1-27-18-9-5-8-17(14-18)23-10-12-24(13-11-23)20(26)19-15-22-21(28)25(19)16-6-3-2-4-7-16/h2-9,14-15H,10-13H2,1H3,(H,22,28). The lowest BCUT2D eigenvalue weighted by Gasteiger charge is -2.36. The first-order valence-electron chi connectivity index (χ1n) is 9.21. The van der Waals surface area contributed by atoms with Gasteiger partial charge in [0.2, 0.25) is 0 Å². The first kappa shape index (κ1) is 18.3. The molecule has 1 aliphatic rings. The van der Waals surface area contributed by atoms with Gasteiger partial charge in [0.1, 0.15) is 11.4 Å². The SMILES string of the molecule is COc1cccc(N2CCN(C(=O)c3c[nH]c(=S)n3-c3ccccc3)CC2)c1. The summed E-state index contributed by atoms with van der Waals surface area (Å²) < 4.78 is 7.63. The van der Waals surface area contributed by atoms with Crippen molar-refractivity contribution >= 4 is 23.8 Å². The number of H-pyrrole nitrogens is 1. The molecule has 1 aliphatic heterocycles. The average molecular weight is 395 g/mol. The molecule has 28 heavy (non-hydrogen) atoms. The number of imidazole rings is 1. The fourth-order valence-electron chi connectivity index (χ4n) is 3.50. The van der Waals surface area contributed by atoms with Crippen LogP contribution in [0.15, 0.2) is 60.8 Å². The van der Waals surface area contributed by atoms with Gasteiger partial charge in [-0.2, -0.15) is 0 Å². The lowest BCUT2D eigenvalue weighted by atomic mass is 10.2. The number of nitrogens with zero attached hydrogens (tertiary/aromatic N) is 3. The number of anilines is 1. The minimum absolute atomic E-state index is 0.0125. The molecule has 1 fully saturated rings. The van der Waals surface area contributed by atoms with E-state index in [1.54, 1.807) is 17.9 Å². The van der Waals surface area contributed by atoms with E-state index < -0.39 is 0 Å². The minimum Gasteiger partial charge on any atom is -0.497 e. The summed E-state index contributed by atoms with van der Waals surface area (Å²) in [5.74, 6) is 0.826. The highest BCUT2D eigenvalue weighted by atomic mass is 32.1. The number of hydrogen-bond acceptors (Lipinski definition) is 4. The number of rotatable bonds is 4. The van der Waals surface area contributed by atoms with Crippen molar-refractivity contribution in [1.82, 2.24) is 14.5 Å². The zero-order chi connectivity index (χ0) is 19.5. The number of methoxy groups -OCH3 is 1. The van der Waals surface area contributed by atoms with Crippen molar-refractivity contribution in [2.75, 3.05) is 38.2 Å². The number of aromatic nitrogens is 2. The van der Waals surface area contributed by atoms with Crippen molar-refractivity contribution in [2.45, 2.75) is 0 Å². The maximum Gasteiger partial charge on any atom is 0.272 e. The number of carbonyl (C=O) groups excluding carboxylic acids is 1. The number of ether oxygens (including phenoxy) is 1. The summed E-state index contributed by atoms with van der Waals surface area (Å²) in [5.41, 5.74) is 2.55. The van der Waals surface area contributed by atoms with Crippen molar-refractivity contribution in [3.63, 3.8) is 0 Å². The summed E-state index contributed by atoms with van der Waals surface area (Å²) in [4.78, 5) is 20.3. The number of hydrogen-bond donors (Lipinski definition) is 1. The Bertz CT molecular complexity index is 1020. The van der Waals surface area contributed by atoms with Crippen LogP contribution in [0.2, 0.25) is 0 Å². The summed E-state index contributed by atoms with van der Waals surface area (Å²) in [7, 11) is 1.67. The van der Waals surface area contributed by atoms with Crippen LogP contribution in [0.1, 0.15) is 10.5 Å².